The van der Waals surface area contributed by atoms with Gasteiger partial charge in [0, 0.05) is 33.3 Å². The first-order valence-corrected chi connectivity index (χ1v) is 10.1. The molecule has 0 saturated heterocycles. The third-order valence-corrected chi connectivity index (χ3v) is 6.49. The monoisotopic (exact) mass is 430 g/mol. The summed E-state index contributed by atoms with van der Waals surface area (Å²) in [6.07, 6.45) is 0. The summed E-state index contributed by atoms with van der Waals surface area (Å²) in [5.74, 6) is -0.161. The van der Waals surface area contributed by atoms with Gasteiger partial charge in [0.25, 0.3) is 5.91 Å². The number of hydrogen-bond acceptors (Lipinski definition) is 4. The van der Waals surface area contributed by atoms with E-state index in [1.165, 1.54) is 44.3 Å². The number of hydrogen-bond donors (Lipinski definition) is 0. The summed E-state index contributed by atoms with van der Waals surface area (Å²) in [4.78, 5) is 14.2. The van der Waals surface area contributed by atoms with Crippen molar-refractivity contribution in [1.82, 2.24) is 9.21 Å². The Hall–Kier alpha value is -1.80. The molecule has 0 aliphatic carbocycles. The summed E-state index contributed by atoms with van der Waals surface area (Å²) >= 11 is 11.9. The van der Waals surface area contributed by atoms with Crippen LogP contribution in [0.4, 0.5) is 0 Å². The van der Waals surface area contributed by atoms with Crippen molar-refractivity contribution in [2.75, 3.05) is 28.3 Å². The van der Waals surface area contributed by atoms with Gasteiger partial charge in [-0.25, -0.2) is 12.7 Å². The van der Waals surface area contributed by atoms with Gasteiger partial charge in [-0.15, -0.1) is 0 Å². The van der Waals surface area contributed by atoms with E-state index < -0.39 is 10.0 Å². The van der Waals surface area contributed by atoms with Crippen molar-refractivity contribution >= 4 is 39.1 Å². The van der Waals surface area contributed by atoms with E-state index in [0.29, 0.717) is 10.0 Å². The summed E-state index contributed by atoms with van der Waals surface area (Å²) in [7, 11) is 2.06. The van der Waals surface area contributed by atoms with Gasteiger partial charge in [0.2, 0.25) is 10.0 Å². The van der Waals surface area contributed by atoms with E-state index in [4.69, 9.17) is 27.9 Å². The Kier molecular flexibility index (Phi) is 6.75. The SMILES string of the molecule is COc1ccc(C(=O)N(C)Cc2ccc(Cl)c(Cl)c2)cc1S(=O)(=O)N(C)C. The molecule has 0 radical (unpaired) electrons. The van der Waals surface area contributed by atoms with Gasteiger partial charge >= 0.3 is 0 Å². The van der Waals surface area contributed by atoms with Crippen LogP contribution in [-0.4, -0.2) is 51.8 Å². The fourth-order valence-electron chi connectivity index (χ4n) is 2.41. The molecule has 1 amide bonds. The predicted octanol–water partition coefficient (Wildman–Crippen LogP) is 3.52. The summed E-state index contributed by atoms with van der Waals surface area (Å²) < 4.78 is 31.2. The first-order valence-electron chi connectivity index (χ1n) is 7.88. The molecule has 9 heteroatoms. The van der Waals surface area contributed by atoms with Crippen LogP contribution in [0.15, 0.2) is 41.3 Å². The maximum atomic E-state index is 12.8. The molecule has 27 heavy (non-hydrogen) atoms. The number of carbonyl (C=O) groups excluding carboxylic acids is 1. The predicted molar refractivity (Wildman–Crippen MR) is 106 cm³/mol. The second-order valence-electron chi connectivity index (χ2n) is 6.06. The minimum absolute atomic E-state index is 0.0659. The van der Waals surface area contributed by atoms with E-state index in [9.17, 15) is 13.2 Å². The molecule has 0 saturated carbocycles. The number of halogens is 2. The standard InChI is InChI=1S/C18H20Cl2N2O4S/c1-21(2)27(24,25)17-10-13(6-8-16(17)26-4)18(23)22(3)11-12-5-7-14(19)15(20)9-12/h5-10H,11H2,1-4H3. The van der Waals surface area contributed by atoms with Crippen LogP contribution in [0.1, 0.15) is 15.9 Å². The topological polar surface area (TPSA) is 66.9 Å². The summed E-state index contributed by atoms with van der Waals surface area (Å²) in [6.45, 7) is 0.289. The molecule has 0 unspecified atom stereocenters. The summed E-state index contributed by atoms with van der Waals surface area (Å²) in [5.41, 5.74) is 1.04. The minimum atomic E-state index is -3.77. The Morgan fingerprint density at radius 1 is 1.04 bits per heavy atom. The fourth-order valence-corrected chi connectivity index (χ4v) is 3.81. The van der Waals surface area contributed by atoms with E-state index in [1.54, 1.807) is 25.2 Å². The highest BCUT2D eigenvalue weighted by Gasteiger charge is 2.24. The third kappa shape index (κ3) is 4.73. The second kappa shape index (κ2) is 8.48. The number of ether oxygens (including phenoxy) is 1. The van der Waals surface area contributed by atoms with E-state index in [2.05, 4.69) is 0 Å². The van der Waals surface area contributed by atoms with Crippen LogP contribution in [0.3, 0.4) is 0 Å². The number of sulfonamides is 1. The Balaban J connectivity index is 2.34. The molecule has 0 atom stereocenters. The van der Waals surface area contributed by atoms with Gasteiger partial charge in [-0.2, -0.15) is 0 Å². The van der Waals surface area contributed by atoms with Gasteiger partial charge in [-0.3, -0.25) is 4.79 Å². The van der Waals surface area contributed by atoms with E-state index in [1.807, 2.05) is 0 Å². The lowest BCUT2D eigenvalue weighted by Crippen LogP contribution is -2.27. The van der Waals surface area contributed by atoms with Gasteiger partial charge in [0.05, 0.1) is 17.2 Å². The minimum Gasteiger partial charge on any atom is -0.495 e. The lowest BCUT2D eigenvalue weighted by molar-refractivity contribution is 0.0785. The molecule has 6 nitrogen and oxygen atoms in total. The van der Waals surface area contributed by atoms with Gasteiger partial charge in [0.1, 0.15) is 10.6 Å². The van der Waals surface area contributed by atoms with Crippen LogP contribution in [0.25, 0.3) is 0 Å². The average Bonchev–Trinajstić information content (AvgIpc) is 2.63. The molecule has 0 heterocycles. The van der Waals surface area contributed by atoms with Crippen LogP contribution >= 0.6 is 23.2 Å². The van der Waals surface area contributed by atoms with Crippen LogP contribution in [0.2, 0.25) is 10.0 Å². The quantitative estimate of drug-likeness (QED) is 0.702. The maximum absolute atomic E-state index is 12.8. The van der Waals surface area contributed by atoms with Crippen molar-refractivity contribution in [3.05, 3.63) is 57.6 Å². The molecular formula is C18H20Cl2N2O4S. The van der Waals surface area contributed by atoms with Crippen LogP contribution in [0, 0.1) is 0 Å². The van der Waals surface area contributed by atoms with Crippen molar-refractivity contribution in [2.24, 2.45) is 0 Å². The van der Waals surface area contributed by atoms with Crippen molar-refractivity contribution < 1.29 is 17.9 Å². The molecule has 0 N–H and O–H groups in total. The van der Waals surface area contributed by atoms with Gasteiger partial charge in [0.15, 0.2) is 0 Å². The molecule has 0 bridgehead atoms. The number of nitrogens with zero attached hydrogens (tertiary/aromatic N) is 2. The van der Waals surface area contributed by atoms with Gasteiger partial charge < -0.3 is 9.64 Å². The first kappa shape index (κ1) is 21.5. The smallest absolute Gasteiger partial charge is 0.253 e. The average molecular weight is 431 g/mol. The molecule has 0 fully saturated rings. The van der Waals surface area contributed by atoms with Crippen molar-refractivity contribution in [1.29, 1.82) is 0 Å². The van der Waals surface area contributed by atoms with Crippen LogP contribution in [0.5, 0.6) is 5.75 Å². The van der Waals surface area contributed by atoms with Crippen LogP contribution < -0.4 is 4.74 Å². The number of amides is 1. The second-order valence-corrected chi connectivity index (χ2v) is 9.00. The molecule has 0 spiro atoms. The maximum Gasteiger partial charge on any atom is 0.253 e. The molecule has 146 valence electrons. The summed E-state index contributed by atoms with van der Waals surface area (Å²) in [5, 5.41) is 0.835. The Labute approximate surface area is 169 Å². The summed E-state index contributed by atoms with van der Waals surface area (Å²) in [6, 6.07) is 9.43. The van der Waals surface area contributed by atoms with E-state index in [0.717, 1.165) is 9.87 Å². The lowest BCUT2D eigenvalue weighted by atomic mass is 10.1. The largest absolute Gasteiger partial charge is 0.495 e. The Morgan fingerprint density at radius 3 is 2.26 bits per heavy atom. The fraction of sp³-hybridized carbons (Fsp3) is 0.278. The highest BCUT2D eigenvalue weighted by molar-refractivity contribution is 7.89. The first-order chi connectivity index (χ1) is 12.6. The lowest BCUT2D eigenvalue weighted by Gasteiger charge is -2.19. The zero-order valence-electron chi connectivity index (χ0n) is 15.4. The highest BCUT2D eigenvalue weighted by Crippen LogP contribution is 2.28. The number of carbonyl (C=O) groups is 1. The zero-order chi connectivity index (χ0) is 20.4. The molecule has 2 aromatic rings. The molecule has 0 aliphatic heterocycles. The number of methoxy groups -OCH3 is 1. The van der Waals surface area contributed by atoms with Crippen LogP contribution in [-0.2, 0) is 16.6 Å². The third-order valence-electron chi connectivity index (χ3n) is 3.92. The Bertz CT molecular complexity index is 962. The van der Waals surface area contributed by atoms with E-state index >= 15 is 0 Å². The highest BCUT2D eigenvalue weighted by atomic mass is 35.5. The van der Waals surface area contributed by atoms with E-state index in [-0.39, 0.29) is 28.7 Å². The molecule has 0 aliphatic rings. The molecule has 2 rings (SSSR count). The Morgan fingerprint density at radius 2 is 1.70 bits per heavy atom. The van der Waals surface area contributed by atoms with Crippen molar-refractivity contribution in [3.63, 3.8) is 0 Å². The van der Waals surface area contributed by atoms with Gasteiger partial charge in [-0.05, 0) is 35.9 Å². The number of benzene rings is 2. The zero-order valence-corrected chi connectivity index (χ0v) is 17.7. The normalized spacial score (nSPS) is 11.5. The van der Waals surface area contributed by atoms with Crippen molar-refractivity contribution in [3.8, 4) is 5.75 Å². The number of rotatable bonds is 6. The van der Waals surface area contributed by atoms with Crippen molar-refractivity contribution in [2.45, 2.75) is 11.4 Å². The van der Waals surface area contributed by atoms with Gasteiger partial charge in [-0.1, -0.05) is 29.3 Å². The molecule has 2 aromatic carbocycles. The molecular weight excluding hydrogens is 411 g/mol. The molecule has 0 aromatic heterocycles.